The first-order valence-corrected chi connectivity index (χ1v) is 14.1. The summed E-state index contributed by atoms with van der Waals surface area (Å²) >= 11 is 6.16. The lowest BCUT2D eigenvalue weighted by atomic mass is 10.1. The molecule has 8 nitrogen and oxygen atoms in total. The van der Waals surface area contributed by atoms with E-state index in [4.69, 9.17) is 21.1 Å². The Kier molecular flexibility index (Phi) is 8.89. The molecule has 1 aliphatic carbocycles. The Bertz CT molecular complexity index is 1070. The third-order valence-electron chi connectivity index (χ3n) is 6.89. The Morgan fingerprint density at radius 1 is 1.08 bits per heavy atom. The van der Waals surface area contributed by atoms with E-state index in [0.29, 0.717) is 25.4 Å². The van der Waals surface area contributed by atoms with Gasteiger partial charge in [0.15, 0.2) is 0 Å². The van der Waals surface area contributed by atoms with Gasteiger partial charge in [-0.1, -0.05) is 24.4 Å². The van der Waals surface area contributed by atoms with Crippen molar-refractivity contribution >= 4 is 27.7 Å². The topological polar surface area (TPSA) is 88.2 Å². The summed E-state index contributed by atoms with van der Waals surface area (Å²) in [6.45, 7) is -0.150. The second kappa shape index (κ2) is 11.6. The zero-order valence-electron chi connectivity index (χ0n) is 20.1. The van der Waals surface area contributed by atoms with Crippen molar-refractivity contribution in [1.29, 1.82) is 0 Å². The predicted molar refractivity (Wildman–Crippen MR) is 127 cm³/mol. The number of likely N-dealkylation sites (tertiary alicyclic amines) is 1. The standard InChI is InChI=1S/C23H30ClF4N3O5S/c24-19-9-18(20(25)10-21(19)35-13-15-3-1-2-4-15)22(32)29-37(33,34)31-7-5-16(6-8-31)36-17-11-30(12-17)14-23(26,27)28/h9-10,15-17H,1-8,11-14H2,(H,29,32). The largest absolute Gasteiger partial charge is 0.492 e. The molecule has 2 saturated heterocycles. The SMILES string of the molecule is O=C(NS(=O)(=O)N1CCC(OC2CN(CC(F)(F)F)C2)CC1)c1cc(Cl)c(OCC2CCCC2)cc1F. The van der Waals surface area contributed by atoms with Crippen LogP contribution >= 0.6 is 11.6 Å². The number of carbonyl (C=O) groups excluding carboxylic acids is 1. The van der Waals surface area contributed by atoms with Gasteiger partial charge >= 0.3 is 16.4 Å². The Balaban J connectivity index is 1.25. The van der Waals surface area contributed by atoms with Gasteiger partial charge in [0.25, 0.3) is 5.91 Å². The number of hydrogen-bond acceptors (Lipinski definition) is 6. The van der Waals surface area contributed by atoms with Gasteiger partial charge in [0.2, 0.25) is 0 Å². The number of amides is 1. The van der Waals surface area contributed by atoms with Gasteiger partial charge in [-0.2, -0.15) is 25.9 Å². The summed E-state index contributed by atoms with van der Waals surface area (Å²) in [5.41, 5.74) is -0.520. The maximum Gasteiger partial charge on any atom is 0.401 e. The molecule has 0 unspecified atom stereocenters. The molecule has 1 N–H and O–H groups in total. The van der Waals surface area contributed by atoms with Crippen LogP contribution in [0.3, 0.4) is 0 Å². The Hall–Kier alpha value is -1.67. The van der Waals surface area contributed by atoms with E-state index < -0.39 is 40.2 Å². The summed E-state index contributed by atoms with van der Waals surface area (Å²) in [6, 6.07) is 2.03. The number of carbonyl (C=O) groups is 1. The Labute approximate surface area is 218 Å². The molecule has 14 heteroatoms. The minimum Gasteiger partial charge on any atom is -0.492 e. The van der Waals surface area contributed by atoms with Crippen LogP contribution in [-0.2, 0) is 14.9 Å². The van der Waals surface area contributed by atoms with E-state index in [-0.39, 0.29) is 49.2 Å². The summed E-state index contributed by atoms with van der Waals surface area (Å²) < 4.78 is 91.6. The molecule has 0 atom stereocenters. The number of nitrogens with zero attached hydrogens (tertiary/aromatic N) is 2. The second-order valence-corrected chi connectivity index (χ2v) is 11.9. The average Bonchev–Trinajstić information content (AvgIpc) is 3.31. The molecule has 1 aromatic rings. The minimum absolute atomic E-state index is 0.00435. The molecule has 0 spiro atoms. The van der Waals surface area contributed by atoms with E-state index >= 15 is 0 Å². The molecule has 0 bridgehead atoms. The maximum atomic E-state index is 14.6. The number of piperidine rings is 1. The zero-order chi connectivity index (χ0) is 26.8. The number of rotatable bonds is 9. The van der Waals surface area contributed by atoms with Crippen LogP contribution in [0, 0.1) is 11.7 Å². The highest BCUT2D eigenvalue weighted by Gasteiger charge is 2.39. The van der Waals surface area contributed by atoms with Crippen LogP contribution in [-0.4, -0.2) is 81.2 Å². The lowest BCUT2D eigenvalue weighted by Gasteiger charge is -2.42. The van der Waals surface area contributed by atoms with Crippen molar-refractivity contribution in [3.8, 4) is 5.75 Å². The highest BCUT2D eigenvalue weighted by atomic mass is 35.5. The zero-order valence-corrected chi connectivity index (χ0v) is 21.7. The van der Waals surface area contributed by atoms with E-state index in [1.807, 2.05) is 4.72 Å². The smallest absolute Gasteiger partial charge is 0.401 e. The summed E-state index contributed by atoms with van der Waals surface area (Å²) in [6.07, 6.45) is 0.0650. The van der Waals surface area contributed by atoms with Crippen LogP contribution in [0.1, 0.15) is 48.9 Å². The van der Waals surface area contributed by atoms with Crippen molar-refractivity contribution in [3.05, 3.63) is 28.5 Å². The number of ether oxygens (including phenoxy) is 2. The first kappa shape index (κ1) is 28.3. The molecule has 3 fully saturated rings. The van der Waals surface area contributed by atoms with Gasteiger partial charge in [-0.3, -0.25) is 9.69 Å². The molecule has 2 heterocycles. The van der Waals surface area contributed by atoms with Crippen molar-refractivity contribution in [2.45, 2.75) is 56.9 Å². The van der Waals surface area contributed by atoms with Gasteiger partial charge in [-0.15, -0.1) is 0 Å². The van der Waals surface area contributed by atoms with Crippen LogP contribution in [0.15, 0.2) is 12.1 Å². The quantitative estimate of drug-likeness (QED) is 0.454. The number of hydrogen-bond donors (Lipinski definition) is 1. The van der Waals surface area contributed by atoms with Crippen molar-refractivity contribution in [2.75, 3.05) is 39.3 Å². The van der Waals surface area contributed by atoms with Gasteiger partial charge in [0.05, 0.1) is 35.9 Å². The van der Waals surface area contributed by atoms with E-state index in [9.17, 15) is 30.8 Å². The maximum absolute atomic E-state index is 14.6. The fraction of sp³-hybridized carbons (Fsp3) is 0.696. The first-order chi connectivity index (χ1) is 17.4. The molecule has 3 aliphatic rings. The van der Waals surface area contributed by atoms with E-state index in [1.165, 1.54) is 4.90 Å². The minimum atomic E-state index is -4.26. The van der Waals surface area contributed by atoms with Crippen LogP contribution in [0.25, 0.3) is 0 Å². The molecule has 208 valence electrons. The fourth-order valence-electron chi connectivity index (χ4n) is 4.91. The van der Waals surface area contributed by atoms with Crippen molar-refractivity contribution in [3.63, 3.8) is 0 Å². The summed E-state index contributed by atoms with van der Waals surface area (Å²) in [4.78, 5) is 13.8. The molecular formula is C23H30ClF4N3O5S. The summed E-state index contributed by atoms with van der Waals surface area (Å²) in [7, 11) is -4.26. The summed E-state index contributed by atoms with van der Waals surface area (Å²) in [5.74, 6) is -1.63. The van der Waals surface area contributed by atoms with E-state index in [1.54, 1.807) is 0 Å². The lowest BCUT2D eigenvalue weighted by Crippen LogP contribution is -2.56. The third kappa shape index (κ3) is 7.69. The monoisotopic (exact) mass is 571 g/mol. The molecule has 37 heavy (non-hydrogen) atoms. The Morgan fingerprint density at radius 3 is 2.35 bits per heavy atom. The molecular weight excluding hydrogens is 542 g/mol. The van der Waals surface area contributed by atoms with E-state index in [0.717, 1.165) is 42.1 Å². The lowest BCUT2D eigenvalue weighted by molar-refractivity contribution is -0.178. The van der Waals surface area contributed by atoms with Gasteiger partial charge in [0, 0.05) is 32.2 Å². The van der Waals surface area contributed by atoms with Gasteiger partial charge < -0.3 is 9.47 Å². The first-order valence-electron chi connectivity index (χ1n) is 12.3. The Morgan fingerprint density at radius 2 is 1.73 bits per heavy atom. The number of alkyl halides is 3. The molecule has 0 radical (unpaired) electrons. The second-order valence-electron chi connectivity index (χ2n) is 9.83. The summed E-state index contributed by atoms with van der Waals surface area (Å²) in [5, 5.41) is 0.00435. The molecule has 1 aromatic carbocycles. The van der Waals surface area contributed by atoms with Crippen molar-refractivity contribution in [2.24, 2.45) is 5.92 Å². The van der Waals surface area contributed by atoms with Crippen LogP contribution in [0.4, 0.5) is 17.6 Å². The molecule has 2 aliphatic heterocycles. The number of benzene rings is 1. The van der Waals surface area contributed by atoms with E-state index in [2.05, 4.69) is 0 Å². The fourth-order valence-corrected chi connectivity index (χ4v) is 6.29. The average molecular weight is 572 g/mol. The van der Waals surface area contributed by atoms with Gasteiger partial charge in [-0.05, 0) is 37.7 Å². The third-order valence-corrected chi connectivity index (χ3v) is 8.67. The molecule has 1 saturated carbocycles. The van der Waals surface area contributed by atoms with Crippen LogP contribution < -0.4 is 9.46 Å². The van der Waals surface area contributed by atoms with Gasteiger partial charge in [0.1, 0.15) is 11.6 Å². The van der Waals surface area contributed by atoms with Crippen molar-refractivity contribution in [1.82, 2.24) is 13.9 Å². The number of halogens is 5. The normalized spacial score (nSPS) is 21.2. The molecule has 4 rings (SSSR count). The van der Waals surface area contributed by atoms with Crippen LogP contribution in [0.5, 0.6) is 5.75 Å². The molecule has 0 aromatic heterocycles. The highest BCUT2D eigenvalue weighted by molar-refractivity contribution is 7.87. The van der Waals surface area contributed by atoms with Crippen molar-refractivity contribution < 1.29 is 40.2 Å². The van der Waals surface area contributed by atoms with Crippen LogP contribution in [0.2, 0.25) is 5.02 Å². The highest BCUT2D eigenvalue weighted by Crippen LogP contribution is 2.31. The predicted octanol–water partition coefficient (Wildman–Crippen LogP) is 3.75. The number of nitrogens with one attached hydrogen (secondary N) is 1. The molecule has 1 amide bonds. The van der Waals surface area contributed by atoms with Gasteiger partial charge in [-0.25, -0.2) is 9.11 Å².